The van der Waals surface area contributed by atoms with Crippen molar-refractivity contribution in [2.24, 2.45) is 0 Å². The van der Waals surface area contributed by atoms with Crippen LogP contribution < -0.4 is 5.32 Å². The highest BCUT2D eigenvalue weighted by atomic mass is 32.2. The van der Waals surface area contributed by atoms with E-state index in [0.29, 0.717) is 6.61 Å². The molecule has 0 saturated carbocycles. The summed E-state index contributed by atoms with van der Waals surface area (Å²) in [6.45, 7) is 4.08. The van der Waals surface area contributed by atoms with Crippen molar-refractivity contribution in [3.63, 3.8) is 0 Å². The molecule has 1 heterocycles. The summed E-state index contributed by atoms with van der Waals surface area (Å²) >= 11 is 1.64. The molecule has 2 N–H and O–H groups in total. The van der Waals surface area contributed by atoms with Gasteiger partial charge in [0.25, 0.3) is 0 Å². The maximum atomic E-state index is 11.2. The van der Waals surface area contributed by atoms with Crippen LogP contribution in [0.2, 0.25) is 0 Å². The molecule has 1 fully saturated rings. The monoisotopic (exact) mass is 325 g/mol. The van der Waals surface area contributed by atoms with E-state index in [0.717, 1.165) is 6.42 Å². The van der Waals surface area contributed by atoms with E-state index in [4.69, 9.17) is 14.6 Å². The van der Waals surface area contributed by atoms with Crippen molar-refractivity contribution in [3.05, 3.63) is 35.9 Å². The highest BCUT2D eigenvalue weighted by Gasteiger charge is 2.41. The average molecular weight is 325 g/mol. The molecular weight excluding hydrogens is 302 g/mol. The van der Waals surface area contributed by atoms with Gasteiger partial charge in [0.1, 0.15) is 6.10 Å². The van der Waals surface area contributed by atoms with Gasteiger partial charge in [0.15, 0.2) is 5.79 Å². The fourth-order valence-electron chi connectivity index (χ4n) is 2.66. The predicted molar refractivity (Wildman–Crippen MR) is 87.3 cm³/mol. The average Bonchev–Trinajstić information content (AvgIpc) is 2.83. The number of benzene rings is 1. The topological polar surface area (TPSA) is 67.8 Å². The number of carboxylic acid groups (broad SMARTS) is 1. The van der Waals surface area contributed by atoms with Gasteiger partial charge in [-0.25, -0.2) is 4.79 Å². The third kappa shape index (κ3) is 4.63. The van der Waals surface area contributed by atoms with Gasteiger partial charge in [0.05, 0.1) is 12.6 Å². The Bertz CT molecular complexity index is 494. The third-order valence-electron chi connectivity index (χ3n) is 3.70. The lowest BCUT2D eigenvalue weighted by Crippen LogP contribution is -2.51. The number of nitrogens with one attached hydrogen (secondary N) is 1. The molecular formula is C16H23NO4S. The van der Waals surface area contributed by atoms with Crippen LogP contribution in [0.5, 0.6) is 0 Å². The van der Waals surface area contributed by atoms with Gasteiger partial charge >= 0.3 is 6.09 Å². The summed E-state index contributed by atoms with van der Waals surface area (Å²) in [6.07, 6.45) is 1.44. The van der Waals surface area contributed by atoms with Crippen LogP contribution in [0.3, 0.4) is 0 Å². The zero-order valence-corrected chi connectivity index (χ0v) is 13.9. The number of hydrogen-bond acceptors (Lipinski definition) is 4. The van der Waals surface area contributed by atoms with Crippen molar-refractivity contribution in [3.8, 4) is 0 Å². The number of amides is 1. The van der Waals surface area contributed by atoms with Gasteiger partial charge in [0, 0.05) is 5.25 Å². The van der Waals surface area contributed by atoms with E-state index in [9.17, 15) is 4.79 Å². The second-order valence-corrected chi connectivity index (χ2v) is 6.88. The first kappa shape index (κ1) is 17.1. The fourth-order valence-corrected chi connectivity index (χ4v) is 3.56. The van der Waals surface area contributed by atoms with Crippen molar-refractivity contribution in [2.75, 3.05) is 12.9 Å². The second-order valence-electron chi connectivity index (χ2n) is 5.81. The summed E-state index contributed by atoms with van der Waals surface area (Å²) in [5, 5.41) is 11.9. The van der Waals surface area contributed by atoms with Crippen LogP contribution in [0.25, 0.3) is 0 Å². The normalized spacial score (nSPS) is 23.0. The first-order valence-electron chi connectivity index (χ1n) is 7.29. The molecule has 0 spiro atoms. The minimum atomic E-state index is -1.04. The third-order valence-corrected chi connectivity index (χ3v) is 4.77. The van der Waals surface area contributed by atoms with Gasteiger partial charge in [-0.1, -0.05) is 30.3 Å². The van der Waals surface area contributed by atoms with Crippen molar-refractivity contribution in [1.29, 1.82) is 0 Å². The molecule has 6 heteroatoms. The van der Waals surface area contributed by atoms with Crippen LogP contribution in [0, 0.1) is 0 Å². The van der Waals surface area contributed by atoms with Gasteiger partial charge < -0.3 is 19.9 Å². The highest BCUT2D eigenvalue weighted by molar-refractivity contribution is 7.99. The van der Waals surface area contributed by atoms with E-state index in [1.165, 1.54) is 5.56 Å². The van der Waals surface area contributed by atoms with E-state index in [2.05, 4.69) is 17.4 Å². The molecule has 1 amide bonds. The van der Waals surface area contributed by atoms with Crippen LogP contribution >= 0.6 is 11.8 Å². The summed E-state index contributed by atoms with van der Waals surface area (Å²) in [6, 6.07) is 9.74. The largest absolute Gasteiger partial charge is 0.465 e. The Morgan fingerprint density at radius 3 is 2.64 bits per heavy atom. The molecule has 0 aliphatic carbocycles. The number of rotatable bonds is 6. The molecule has 3 atom stereocenters. The smallest absolute Gasteiger partial charge is 0.405 e. The zero-order valence-electron chi connectivity index (χ0n) is 13.1. The Morgan fingerprint density at radius 1 is 1.45 bits per heavy atom. The van der Waals surface area contributed by atoms with Crippen LogP contribution in [0.4, 0.5) is 4.79 Å². The minimum Gasteiger partial charge on any atom is -0.465 e. The molecule has 1 aliphatic rings. The first-order valence-corrected chi connectivity index (χ1v) is 8.58. The van der Waals surface area contributed by atoms with Gasteiger partial charge in [0.2, 0.25) is 0 Å². The van der Waals surface area contributed by atoms with E-state index < -0.39 is 11.9 Å². The van der Waals surface area contributed by atoms with Crippen LogP contribution in [-0.2, 0) is 15.9 Å². The SMILES string of the molecule is CS[C@H](Cc1ccccc1)C(NC(=O)O)[C@@H]1COC(C)(C)O1. The summed E-state index contributed by atoms with van der Waals surface area (Å²) in [5.74, 6) is -0.668. The summed E-state index contributed by atoms with van der Waals surface area (Å²) in [7, 11) is 0. The molecule has 0 bridgehead atoms. The van der Waals surface area contributed by atoms with E-state index in [1.54, 1.807) is 11.8 Å². The quantitative estimate of drug-likeness (QED) is 0.842. The molecule has 2 rings (SSSR count). The Hall–Kier alpha value is -1.24. The van der Waals surface area contributed by atoms with Crippen molar-refractivity contribution in [2.45, 2.75) is 43.5 Å². The van der Waals surface area contributed by atoms with Gasteiger partial charge in [-0.15, -0.1) is 0 Å². The number of hydrogen-bond donors (Lipinski definition) is 2. The zero-order chi connectivity index (χ0) is 16.2. The van der Waals surface area contributed by atoms with Crippen LogP contribution in [0.15, 0.2) is 30.3 Å². The van der Waals surface area contributed by atoms with Gasteiger partial charge in [-0.3, -0.25) is 0 Å². The summed E-state index contributed by atoms with van der Waals surface area (Å²) < 4.78 is 11.5. The highest BCUT2D eigenvalue weighted by Crippen LogP contribution is 2.29. The van der Waals surface area contributed by atoms with Gasteiger partial charge in [-0.2, -0.15) is 11.8 Å². The molecule has 1 unspecified atom stereocenters. The fraction of sp³-hybridized carbons (Fsp3) is 0.562. The minimum absolute atomic E-state index is 0.0704. The molecule has 5 nitrogen and oxygen atoms in total. The summed E-state index contributed by atoms with van der Waals surface area (Å²) in [5.41, 5.74) is 1.18. The van der Waals surface area contributed by atoms with Crippen LogP contribution in [0.1, 0.15) is 19.4 Å². The lowest BCUT2D eigenvalue weighted by atomic mass is 10.0. The number of ether oxygens (including phenoxy) is 2. The lowest BCUT2D eigenvalue weighted by Gasteiger charge is -2.30. The Labute approximate surface area is 135 Å². The molecule has 22 heavy (non-hydrogen) atoms. The predicted octanol–water partition coefficient (Wildman–Crippen LogP) is 2.75. The standard InChI is InChI=1S/C16H23NO4S/c1-16(2)20-10-12(21-16)14(17-15(18)19)13(22-3)9-11-7-5-4-6-8-11/h4-8,12-14,17H,9-10H2,1-3H3,(H,18,19)/t12-,13+,14?/m0/s1. The molecule has 122 valence electrons. The van der Waals surface area contributed by atoms with Crippen molar-refractivity contribution < 1.29 is 19.4 Å². The lowest BCUT2D eigenvalue weighted by molar-refractivity contribution is -0.141. The van der Waals surface area contributed by atoms with E-state index >= 15 is 0 Å². The van der Waals surface area contributed by atoms with Crippen molar-refractivity contribution in [1.82, 2.24) is 5.32 Å². The number of thioether (sulfide) groups is 1. The Kier molecular flexibility index (Phi) is 5.72. The molecule has 1 aromatic carbocycles. The number of carbonyl (C=O) groups is 1. The Morgan fingerprint density at radius 2 is 2.14 bits per heavy atom. The van der Waals surface area contributed by atoms with E-state index in [-0.39, 0.29) is 17.4 Å². The van der Waals surface area contributed by atoms with E-state index in [1.807, 2.05) is 38.3 Å². The van der Waals surface area contributed by atoms with Crippen molar-refractivity contribution >= 4 is 17.9 Å². The molecule has 0 aromatic heterocycles. The van der Waals surface area contributed by atoms with Crippen LogP contribution in [-0.4, -0.2) is 47.2 Å². The molecule has 1 saturated heterocycles. The second kappa shape index (κ2) is 7.35. The first-order chi connectivity index (χ1) is 10.4. The maximum absolute atomic E-state index is 11.2. The molecule has 0 radical (unpaired) electrons. The molecule has 1 aliphatic heterocycles. The maximum Gasteiger partial charge on any atom is 0.405 e. The summed E-state index contributed by atoms with van der Waals surface area (Å²) in [4.78, 5) is 11.2. The Balaban J connectivity index is 2.13. The van der Waals surface area contributed by atoms with Gasteiger partial charge in [-0.05, 0) is 32.1 Å². The molecule has 1 aromatic rings.